The molecule has 0 bridgehead atoms. The minimum absolute atomic E-state index is 0.510. The molecule has 3 rings (SSSR count). The summed E-state index contributed by atoms with van der Waals surface area (Å²) in [5.74, 6) is 0.510. The van der Waals surface area contributed by atoms with E-state index in [2.05, 4.69) is 45.2 Å². The minimum Gasteiger partial charge on any atom is -0.381 e. The van der Waals surface area contributed by atoms with E-state index in [9.17, 15) is 0 Å². The zero-order valence-corrected chi connectivity index (χ0v) is 12.7. The second-order valence-corrected chi connectivity index (χ2v) is 6.31. The van der Waals surface area contributed by atoms with Crippen LogP contribution in [0.4, 0.5) is 0 Å². The van der Waals surface area contributed by atoms with Crippen LogP contribution in [0, 0.1) is 5.92 Å². The highest BCUT2D eigenvalue weighted by Crippen LogP contribution is 2.20. The van der Waals surface area contributed by atoms with Gasteiger partial charge in [-0.05, 0) is 24.4 Å². The Morgan fingerprint density at radius 2 is 2.35 bits per heavy atom. The number of hydrogen-bond donors (Lipinski definition) is 0. The van der Waals surface area contributed by atoms with E-state index < -0.39 is 0 Å². The van der Waals surface area contributed by atoms with E-state index >= 15 is 0 Å². The van der Waals surface area contributed by atoms with Crippen LogP contribution in [0.25, 0.3) is 0 Å². The van der Waals surface area contributed by atoms with Gasteiger partial charge in [0.05, 0.1) is 12.3 Å². The van der Waals surface area contributed by atoms with Gasteiger partial charge in [0, 0.05) is 49.8 Å². The van der Waals surface area contributed by atoms with Gasteiger partial charge in [-0.1, -0.05) is 6.07 Å². The molecule has 2 aromatic rings. The van der Waals surface area contributed by atoms with E-state index in [1.807, 2.05) is 17.5 Å². The van der Waals surface area contributed by atoms with Crippen LogP contribution in [0.5, 0.6) is 0 Å². The van der Waals surface area contributed by atoms with Crippen molar-refractivity contribution in [1.82, 2.24) is 14.7 Å². The zero-order valence-electron chi connectivity index (χ0n) is 11.9. The summed E-state index contributed by atoms with van der Waals surface area (Å²) >= 11 is 1.83. The molecule has 2 aromatic heterocycles. The van der Waals surface area contributed by atoms with Crippen molar-refractivity contribution < 1.29 is 4.74 Å². The molecule has 0 unspecified atom stereocenters. The lowest BCUT2D eigenvalue weighted by molar-refractivity contribution is 0.0843. The maximum Gasteiger partial charge on any atom is 0.0524 e. The Kier molecular flexibility index (Phi) is 4.50. The van der Waals surface area contributed by atoms with Crippen LogP contribution in [0.15, 0.2) is 29.8 Å². The zero-order chi connectivity index (χ0) is 13.8. The second-order valence-electron chi connectivity index (χ2n) is 5.28. The van der Waals surface area contributed by atoms with Crippen LogP contribution in [0.3, 0.4) is 0 Å². The summed E-state index contributed by atoms with van der Waals surface area (Å²) in [4.78, 5) is 3.93. The van der Waals surface area contributed by atoms with Crippen molar-refractivity contribution >= 4 is 11.3 Å². The molecular weight excluding hydrogens is 270 g/mol. The standard InChI is InChI=1S/C15H21N3OS/c1-2-19-12-13-8-17(11-15-4-3-7-20-15)10-14-5-6-16-18(14)9-13/h3-7,13H,2,8-12H2,1H3/t13-/m0/s1. The normalized spacial score (nSPS) is 19.8. The van der Waals surface area contributed by atoms with Gasteiger partial charge in [-0.3, -0.25) is 9.58 Å². The summed E-state index contributed by atoms with van der Waals surface area (Å²) in [6.45, 7) is 7.68. The van der Waals surface area contributed by atoms with E-state index in [0.29, 0.717) is 5.92 Å². The molecule has 0 radical (unpaired) electrons. The quantitative estimate of drug-likeness (QED) is 0.848. The molecule has 0 fully saturated rings. The smallest absolute Gasteiger partial charge is 0.0524 e. The second kappa shape index (κ2) is 6.52. The molecule has 108 valence electrons. The molecule has 3 heterocycles. The van der Waals surface area contributed by atoms with Gasteiger partial charge in [0.25, 0.3) is 0 Å². The van der Waals surface area contributed by atoms with Crippen molar-refractivity contribution in [3.8, 4) is 0 Å². The number of hydrogen-bond acceptors (Lipinski definition) is 4. The Morgan fingerprint density at radius 3 is 3.15 bits per heavy atom. The molecule has 1 aliphatic rings. The van der Waals surface area contributed by atoms with Gasteiger partial charge in [0.2, 0.25) is 0 Å². The van der Waals surface area contributed by atoms with Crippen molar-refractivity contribution in [2.24, 2.45) is 5.92 Å². The highest BCUT2D eigenvalue weighted by Gasteiger charge is 2.22. The lowest BCUT2D eigenvalue weighted by atomic mass is 10.1. The number of fused-ring (bicyclic) bond motifs is 1. The summed E-state index contributed by atoms with van der Waals surface area (Å²) in [6, 6.07) is 6.47. The molecular formula is C15H21N3OS. The van der Waals surface area contributed by atoms with Crippen molar-refractivity contribution in [2.75, 3.05) is 19.8 Å². The molecule has 0 saturated carbocycles. The molecule has 0 aromatic carbocycles. The van der Waals surface area contributed by atoms with E-state index in [4.69, 9.17) is 4.74 Å². The largest absolute Gasteiger partial charge is 0.381 e. The van der Waals surface area contributed by atoms with Crippen LogP contribution >= 0.6 is 11.3 Å². The third-order valence-corrected chi connectivity index (χ3v) is 4.52. The first-order valence-electron chi connectivity index (χ1n) is 7.18. The maximum absolute atomic E-state index is 5.64. The molecule has 4 nitrogen and oxygen atoms in total. The summed E-state index contributed by atoms with van der Waals surface area (Å²) in [6.07, 6.45) is 1.90. The van der Waals surface area contributed by atoms with Gasteiger partial charge in [0.1, 0.15) is 0 Å². The maximum atomic E-state index is 5.64. The monoisotopic (exact) mass is 291 g/mol. The Labute approximate surface area is 124 Å². The molecule has 20 heavy (non-hydrogen) atoms. The van der Waals surface area contributed by atoms with Gasteiger partial charge < -0.3 is 4.74 Å². The van der Waals surface area contributed by atoms with Gasteiger partial charge in [-0.15, -0.1) is 11.3 Å². The minimum atomic E-state index is 0.510. The number of aromatic nitrogens is 2. The van der Waals surface area contributed by atoms with Gasteiger partial charge in [0.15, 0.2) is 0 Å². The third kappa shape index (κ3) is 3.29. The van der Waals surface area contributed by atoms with Crippen molar-refractivity contribution in [2.45, 2.75) is 26.6 Å². The van der Waals surface area contributed by atoms with E-state index in [1.165, 1.54) is 10.6 Å². The summed E-state index contributed by atoms with van der Waals surface area (Å²) in [5, 5.41) is 6.59. The molecule has 0 N–H and O–H groups in total. The number of thiophene rings is 1. The van der Waals surface area contributed by atoms with Gasteiger partial charge in [-0.2, -0.15) is 5.10 Å². The van der Waals surface area contributed by atoms with Crippen LogP contribution < -0.4 is 0 Å². The Hall–Kier alpha value is -1.17. The average molecular weight is 291 g/mol. The van der Waals surface area contributed by atoms with Crippen molar-refractivity contribution in [3.05, 3.63) is 40.3 Å². The summed E-state index contributed by atoms with van der Waals surface area (Å²) < 4.78 is 7.78. The van der Waals surface area contributed by atoms with Gasteiger partial charge in [-0.25, -0.2) is 0 Å². The molecule has 5 heteroatoms. The fourth-order valence-electron chi connectivity index (χ4n) is 2.75. The van der Waals surface area contributed by atoms with Crippen LogP contribution in [0.2, 0.25) is 0 Å². The number of nitrogens with zero attached hydrogens (tertiary/aromatic N) is 3. The lowest BCUT2D eigenvalue weighted by Gasteiger charge is -2.23. The fraction of sp³-hybridized carbons (Fsp3) is 0.533. The van der Waals surface area contributed by atoms with Crippen molar-refractivity contribution in [1.29, 1.82) is 0 Å². The number of ether oxygens (including phenoxy) is 1. The average Bonchev–Trinajstić information content (AvgIpc) is 3.06. The van der Waals surface area contributed by atoms with E-state index in [0.717, 1.165) is 39.4 Å². The van der Waals surface area contributed by atoms with Crippen molar-refractivity contribution in [3.63, 3.8) is 0 Å². The Bertz CT molecular complexity index is 523. The predicted molar refractivity (Wildman–Crippen MR) is 80.6 cm³/mol. The van der Waals surface area contributed by atoms with Gasteiger partial charge >= 0.3 is 0 Å². The van der Waals surface area contributed by atoms with Crippen LogP contribution in [0.1, 0.15) is 17.5 Å². The van der Waals surface area contributed by atoms with Crippen LogP contribution in [-0.2, 0) is 24.4 Å². The molecule has 0 aliphatic carbocycles. The summed E-state index contributed by atoms with van der Waals surface area (Å²) in [5.41, 5.74) is 1.31. The molecule has 0 spiro atoms. The Morgan fingerprint density at radius 1 is 1.40 bits per heavy atom. The van der Waals surface area contributed by atoms with Crippen LogP contribution in [-0.4, -0.2) is 34.4 Å². The highest BCUT2D eigenvalue weighted by atomic mass is 32.1. The fourth-order valence-corrected chi connectivity index (χ4v) is 3.50. The first-order chi connectivity index (χ1) is 9.85. The van der Waals surface area contributed by atoms with E-state index in [1.54, 1.807) is 0 Å². The Balaban J connectivity index is 1.73. The van der Waals surface area contributed by atoms with E-state index in [-0.39, 0.29) is 0 Å². The summed E-state index contributed by atoms with van der Waals surface area (Å²) in [7, 11) is 0. The molecule has 1 atom stereocenters. The topological polar surface area (TPSA) is 30.3 Å². The molecule has 0 amide bonds. The highest BCUT2D eigenvalue weighted by molar-refractivity contribution is 7.09. The lowest BCUT2D eigenvalue weighted by Crippen LogP contribution is -2.29. The first-order valence-corrected chi connectivity index (χ1v) is 8.06. The third-order valence-electron chi connectivity index (χ3n) is 3.65. The SMILES string of the molecule is CCOC[C@H]1CN(Cc2cccs2)Cc2ccnn2C1. The molecule has 0 saturated heterocycles. The predicted octanol–water partition coefficient (Wildman–Crippen LogP) is 2.61. The molecule has 1 aliphatic heterocycles. The first kappa shape index (κ1) is 13.8. The number of rotatable bonds is 5.